The largest absolute Gasteiger partial charge is 0.324 e. The Hall–Kier alpha value is -0.600. The van der Waals surface area contributed by atoms with Crippen LogP contribution in [0, 0.1) is 18.7 Å². The molecule has 0 aliphatic carbocycles. The Kier molecular flexibility index (Phi) is 5.84. The third-order valence-electron chi connectivity index (χ3n) is 2.36. The van der Waals surface area contributed by atoms with Crippen LogP contribution in [-0.4, -0.2) is 0 Å². The summed E-state index contributed by atoms with van der Waals surface area (Å²) < 4.78 is 12.8. The normalized spacial score (nSPS) is 12.4. The number of aryl methyl sites for hydroxylation is 1. The van der Waals surface area contributed by atoms with Gasteiger partial charge < -0.3 is 5.73 Å². The van der Waals surface area contributed by atoms with E-state index in [9.17, 15) is 4.39 Å². The van der Waals surface area contributed by atoms with E-state index in [2.05, 4.69) is 13.8 Å². The van der Waals surface area contributed by atoms with E-state index in [4.69, 9.17) is 5.73 Å². The molecule has 86 valence electrons. The molecular formula is C12H19ClFN. The van der Waals surface area contributed by atoms with Crippen molar-refractivity contribution in [1.29, 1.82) is 0 Å². The fourth-order valence-electron chi connectivity index (χ4n) is 1.69. The van der Waals surface area contributed by atoms with Crippen LogP contribution in [0.25, 0.3) is 0 Å². The maximum atomic E-state index is 12.8. The van der Waals surface area contributed by atoms with E-state index in [0.717, 1.165) is 17.5 Å². The fraction of sp³-hybridized carbons (Fsp3) is 0.500. The van der Waals surface area contributed by atoms with E-state index in [1.54, 1.807) is 6.07 Å². The van der Waals surface area contributed by atoms with Crippen LogP contribution in [0.5, 0.6) is 0 Å². The van der Waals surface area contributed by atoms with Crippen molar-refractivity contribution in [3.05, 3.63) is 35.1 Å². The molecular weight excluding hydrogens is 213 g/mol. The van der Waals surface area contributed by atoms with Crippen LogP contribution in [0.2, 0.25) is 0 Å². The standard InChI is InChI=1S/C12H18FN.ClH/c1-8(2)6-12(14)11-5-4-10(13)7-9(11)3;/h4-5,7-8,12H,6,14H2,1-3H3;1H/t12-;/m1./s1. The summed E-state index contributed by atoms with van der Waals surface area (Å²) in [6.07, 6.45) is 0.937. The van der Waals surface area contributed by atoms with Gasteiger partial charge in [0.1, 0.15) is 5.82 Å². The highest BCUT2D eigenvalue weighted by Gasteiger charge is 2.10. The minimum atomic E-state index is -0.192. The highest BCUT2D eigenvalue weighted by atomic mass is 35.5. The SMILES string of the molecule is Cc1cc(F)ccc1[C@H](N)CC(C)C.Cl. The minimum Gasteiger partial charge on any atom is -0.324 e. The average Bonchev–Trinajstić information content (AvgIpc) is 2.01. The first-order chi connectivity index (χ1) is 6.50. The summed E-state index contributed by atoms with van der Waals surface area (Å²) in [7, 11) is 0. The first-order valence-electron chi connectivity index (χ1n) is 5.02. The van der Waals surface area contributed by atoms with E-state index in [-0.39, 0.29) is 24.3 Å². The first-order valence-corrected chi connectivity index (χ1v) is 5.02. The summed E-state index contributed by atoms with van der Waals surface area (Å²) in [5.41, 5.74) is 8.02. The lowest BCUT2D eigenvalue weighted by Crippen LogP contribution is -2.14. The van der Waals surface area contributed by atoms with Gasteiger partial charge in [0.25, 0.3) is 0 Å². The number of nitrogens with two attached hydrogens (primary N) is 1. The summed E-state index contributed by atoms with van der Waals surface area (Å²) in [6, 6.07) is 4.83. The van der Waals surface area contributed by atoms with Crippen molar-refractivity contribution in [1.82, 2.24) is 0 Å². The molecule has 1 rings (SSSR count). The van der Waals surface area contributed by atoms with Crippen molar-refractivity contribution in [2.24, 2.45) is 11.7 Å². The summed E-state index contributed by atoms with van der Waals surface area (Å²) in [5, 5.41) is 0. The molecule has 0 fully saturated rings. The van der Waals surface area contributed by atoms with Crippen molar-refractivity contribution in [3.8, 4) is 0 Å². The molecule has 2 N–H and O–H groups in total. The molecule has 0 radical (unpaired) electrons. The van der Waals surface area contributed by atoms with Gasteiger partial charge in [-0.3, -0.25) is 0 Å². The second-order valence-electron chi connectivity index (χ2n) is 4.24. The van der Waals surface area contributed by atoms with Gasteiger partial charge >= 0.3 is 0 Å². The van der Waals surface area contributed by atoms with Crippen LogP contribution in [0.1, 0.15) is 37.4 Å². The molecule has 0 spiro atoms. The van der Waals surface area contributed by atoms with Gasteiger partial charge in [0.15, 0.2) is 0 Å². The second kappa shape index (κ2) is 6.09. The Morgan fingerprint density at radius 3 is 2.40 bits per heavy atom. The maximum absolute atomic E-state index is 12.8. The zero-order chi connectivity index (χ0) is 10.7. The van der Waals surface area contributed by atoms with Crippen LogP contribution in [0.15, 0.2) is 18.2 Å². The van der Waals surface area contributed by atoms with Gasteiger partial charge in [-0.1, -0.05) is 19.9 Å². The maximum Gasteiger partial charge on any atom is 0.123 e. The van der Waals surface area contributed by atoms with Gasteiger partial charge in [-0.15, -0.1) is 12.4 Å². The van der Waals surface area contributed by atoms with Crippen molar-refractivity contribution in [2.45, 2.75) is 33.2 Å². The minimum absolute atomic E-state index is 0. The molecule has 3 heteroatoms. The van der Waals surface area contributed by atoms with Gasteiger partial charge in [-0.2, -0.15) is 0 Å². The van der Waals surface area contributed by atoms with Gasteiger partial charge in [0, 0.05) is 6.04 Å². The summed E-state index contributed by atoms with van der Waals surface area (Å²) in [5.74, 6) is 0.373. The molecule has 0 unspecified atom stereocenters. The van der Waals surface area contributed by atoms with Gasteiger partial charge in [-0.05, 0) is 42.5 Å². The molecule has 1 nitrogen and oxygen atoms in total. The van der Waals surface area contributed by atoms with Crippen molar-refractivity contribution in [3.63, 3.8) is 0 Å². The Bertz CT molecular complexity index is 312. The van der Waals surface area contributed by atoms with Gasteiger partial charge in [0.05, 0.1) is 0 Å². The van der Waals surface area contributed by atoms with E-state index in [1.807, 2.05) is 6.92 Å². The average molecular weight is 232 g/mol. The zero-order valence-corrected chi connectivity index (χ0v) is 10.3. The Balaban J connectivity index is 0.00000196. The molecule has 0 saturated heterocycles. The molecule has 0 aromatic heterocycles. The number of hydrogen-bond donors (Lipinski definition) is 1. The molecule has 1 aromatic carbocycles. The molecule has 15 heavy (non-hydrogen) atoms. The predicted molar refractivity (Wildman–Crippen MR) is 64.8 cm³/mol. The van der Waals surface area contributed by atoms with E-state index >= 15 is 0 Å². The van der Waals surface area contributed by atoms with Gasteiger partial charge in [-0.25, -0.2) is 4.39 Å². The smallest absolute Gasteiger partial charge is 0.123 e. The van der Waals surface area contributed by atoms with Crippen LogP contribution in [-0.2, 0) is 0 Å². The second-order valence-corrected chi connectivity index (χ2v) is 4.24. The summed E-state index contributed by atoms with van der Waals surface area (Å²) >= 11 is 0. The first kappa shape index (κ1) is 14.4. The number of halogens is 2. The molecule has 1 aromatic rings. The molecule has 0 bridgehead atoms. The molecule has 0 amide bonds. The van der Waals surface area contributed by atoms with Crippen LogP contribution in [0.4, 0.5) is 4.39 Å². The van der Waals surface area contributed by atoms with Crippen LogP contribution >= 0.6 is 12.4 Å². The third kappa shape index (κ3) is 4.18. The van der Waals surface area contributed by atoms with Crippen LogP contribution in [0.3, 0.4) is 0 Å². The lowest BCUT2D eigenvalue weighted by Gasteiger charge is -2.16. The van der Waals surface area contributed by atoms with Crippen molar-refractivity contribution >= 4 is 12.4 Å². The Labute approximate surface area is 97.3 Å². The van der Waals surface area contributed by atoms with E-state index in [0.29, 0.717) is 5.92 Å². The highest BCUT2D eigenvalue weighted by molar-refractivity contribution is 5.85. The Morgan fingerprint density at radius 1 is 1.33 bits per heavy atom. The lowest BCUT2D eigenvalue weighted by atomic mass is 9.95. The van der Waals surface area contributed by atoms with E-state index in [1.165, 1.54) is 12.1 Å². The molecule has 0 heterocycles. The van der Waals surface area contributed by atoms with Gasteiger partial charge in [0.2, 0.25) is 0 Å². The molecule has 0 aliphatic heterocycles. The molecule has 0 aliphatic rings. The van der Waals surface area contributed by atoms with Crippen LogP contribution < -0.4 is 5.73 Å². The predicted octanol–water partition coefficient (Wildman–Crippen LogP) is 3.60. The lowest BCUT2D eigenvalue weighted by molar-refractivity contribution is 0.507. The molecule has 1 atom stereocenters. The number of rotatable bonds is 3. The van der Waals surface area contributed by atoms with E-state index < -0.39 is 0 Å². The third-order valence-corrected chi connectivity index (χ3v) is 2.36. The highest BCUT2D eigenvalue weighted by Crippen LogP contribution is 2.22. The summed E-state index contributed by atoms with van der Waals surface area (Å²) in [4.78, 5) is 0. The van der Waals surface area contributed by atoms with Crippen molar-refractivity contribution < 1.29 is 4.39 Å². The zero-order valence-electron chi connectivity index (χ0n) is 9.46. The Morgan fingerprint density at radius 2 is 1.93 bits per heavy atom. The summed E-state index contributed by atoms with van der Waals surface area (Å²) in [6.45, 7) is 6.18. The quantitative estimate of drug-likeness (QED) is 0.845. The monoisotopic (exact) mass is 231 g/mol. The number of benzene rings is 1. The molecule has 0 saturated carbocycles. The number of hydrogen-bond acceptors (Lipinski definition) is 1. The topological polar surface area (TPSA) is 26.0 Å². The van der Waals surface area contributed by atoms with Crippen molar-refractivity contribution in [2.75, 3.05) is 0 Å². The fourth-order valence-corrected chi connectivity index (χ4v) is 1.69.